The highest BCUT2D eigenvalue weighted by Gasteiger charge is 2.30. The van der Waals surface area contributed by atoms with Gasteiger partial charge >= 0.3 is 0 Å². The van der Waals surface area contributed by atoms with Crippen molar-refractivity contribution in [3.05, 3.63) is 35.6 Å². The number of furan rings is 1. The van der Waals surface area contributed by atoms with Crippen LogP contribution in [-0.2, 0) is 10.5 Å². The third kappa shape index (κ3) is 4.53. The first-order valence-electron chi connectivity index (χ1n) is 11.2. The molecule has 0 radical (unpaired) electrons. The van der Waals surface area contributed by atoms with Gasteiger partial charge < -0.3 is 14.2 Å². The van der Waals surface area contributed by atoms with E-state index in [4.69, 9.17) is 4.42 Å². The number of carbonyl (C=O) groups excluding carboxylic acids is 2. The largest absolute Gasteiger partial charge is 0.451 e. The third-order valence-corrected chi connectivity index (χ3v) is 7.68. The number of fused-ring (bicyclic) bond motifs is 1. The summed E-state index contributed by atoms with van der Waals surface area (Å²) in [6.45, 7) is 6.15. The Hall–Kier alpha value is -1.95. The van der Waals surface area contributed by atoms with E-state index in [1.165, 1.54) is 32.1 Å². The molecule has 1 aliphatic heterocycles. The minimum atomic E-state index is -0.0397. The standard InChI is InChI=1S/C24H32N2O3S/c1-17(2)23(27)25-12-14-26(15-13-25)24(28)22-20(16-30-18-8-4-3-5-9-18)19-10-6-7-11-21(19)29-22/h6-7,10-11,17-18H,3-5,8-9,12-16H2,1-2H3. The van der Waals surface area contributed by atoms with Gasteiger partial charge in [0.2, 0.25) is 5.91 Å². The fourth-order valence-corrected chi connectivity index (χ4v) is 5.84. The van der Waals surface area contributed by atoms with Crippen LogP contribution in [-0.4, -0.2) is 53.0 Å². The summed E-state index contributed by atoms with van der Waals surface area (Å²) in [7, 11) is 0. The van der Waals surface area contributed by atoms with Crippen molar-refractivity contribution in [3.63, 3.8) is 0 Å². The van der Waals surface area contributed by atoms with Gasteiger partial charge in [-0.05, 0) is 18.9 Å². The number of nitrogens with zero attached hydrogens (tertiary/aromatic N) is 2. The lowest BCUT2D eigenvalue weighted by atomic mass is 10.0. The molecule has 2 heterocycles. The van der Waals surface area contributed by atoms with E-state index < -0.39 is 0 Å². The molecule has 1 saturated carbocycles. The van der Waals surface area contributed by atoms with Crippen molar-refractivity contribution >= 4 is 34.5 Å². The molecule has 1 aromatic carbocycles. The van der Waals surface area contributed by atoms with Crippen LogP contribution in [0.2, 0.25) is 0 Å². The molecule has 4 rings (SSSR count). The summed E-state index contributed by atoms with van der Waals surface area (Å²) in [6.07, 6.45) is 6.52. The monoisotopic (exact) mass is 428 g/mol. The number of hydrogen-bond donors (Lipinski definition) is 0. The van der Waals surface area contributed by atoms with E-state index in [9.17, 15) is 9.59 Å². The lowest BCUT2D eigenvalue weighted by Crippen LogP contribution is -2.51. The molecule has 6 heteroatoms. The fraction of sp³-hybridized carbons (Fsp3) is 0.583. The first-order chi connectivity index (χ1) is 14.5. The number of amides is 2. The van der Waals surface area contributed by atoms with E-state index in [-0.39, 0.29) is 17.7 Å². The predicted octanol–water partition coefficient (Wildman–Crippen LogP) is 4.94. The summed E-state index contributed by atoms with van der Waals surface area (Å²) in [4.78, 5) is 29.3. The van der Waals surface area contributed by atoms with Gasteiger partial charge in [-0.1, -0.05) is 51.3 Å². The number of benzene rings is 1. The van der Waals surface area contributed by atoms with Crippen LogP contribution in [0, 0.1) is 5.92 Å². The number of carbonyl (C=O) groups is 2. The molecule has 30 heavy (non-hydrogen) atoms. The molecule has 1 saturated heterocycles. The van der Waals surface area contributed by atoms with Crippen LogP contribution in [0.15, 0.2) is 28.7 Å². The number of para-hydroxylation sites is 1. The van der Waals surface area contributed by atoms with E-state index in [0.717, 1.165) is 22.3 Å². The van der Waals surface area contributed by atoms with Crippen LogP contribution in [0.1, 0.15) is 62.1 Å². The Balaban J connectivity index is 1.50. The number of hydrogen-bond acceptors (Lipinski definition) is 4. The van der Waals surface area contributed by atoms with Gasteiger partial charge in [0.1, 0.15) is 5.58 Å². The molecule has 1 aliphatic carbocycles. The highest BCUT2D eigenvalue weighted by molar-refractivity contribution is 7.99. The molecule has 0 N–H and O–H groups in total. The second kappa shape index (κ2) is 9.46. The molecule has 2 amide bonds. The Morgan fingerprint density at radius 1 is 1.03 bits per heavy atom. The summed E-state index contributed by atoms with van der Waals surface area (Å²) < 4.78 is 6.08. The normalized spacial score (nSPS) is 18.4. The van der Waals surface area contributed by atoms with E-state index in [1.807, 2.05) is 53.6 Å². The van der Waals surface area contributed by atoms with Gasteiger partial charge in [-0.2, -0.15) is 11.8 Å². The fourth-order valence-electron chi connectivity index (χ4n) is 4.49. The molecule has 2 fully saturated rings. The first-order valence-corrected chi connectivity index (χ1v) is 12.3. The average molecular weight is 429 g/mol. The van der Waals surface area contributed by atoms with Crippen molar-refractivity contribution in [1.82, 2.24) is 9.80 Å². The molecule has 0 atom stereocenters. The van der Waals surface area contributed by atoms with Gasteiger partial charge in [0.25, 0.3) is 5.91 Å². The molecule has 0 spiro atoms. The maximum atomic E-state index is 13.4. The minimum Gasteiger partial charge on any atom is -0.451 e. The Morgan fingerprint density at radius 2 is 1.70 bits per heavy atom. The van der Waals surface area contributed by atoms with Crippen LogP contribution < -0.4 is 0 Å². The van der Waals surface area contributed by atoms with Gasteiger partial charge in [-0.15, -0.1) is 0 Å². The second-order valence-electron chi connectivity index (χ2n) is 8.75. The van der Waals surface area contributed by atoms with Crippen molar-refractivity contribution < 1.29 is 14.0 Å². The van der Waals surface area contributed by atoms with Gasteiger partial charge in [0.05, 0.1) is 0 Å². The van der Waals surface area contributed by atoms with Crippen LogP contribution in [0.4, 0.5) is 0 Å². The van der Waals surface area contributed by atoms with Crippen molar-refractivity contribution in [2.75, 3.05) is 26.2 Å². The summed E-state index contributed by atoms with van der Waals surface area (Å²) in [5.41, 5.74) is 1.82. The Bertz CT molecular complexity index is 893. The SMILES string of the molecule is CC(C)C(=O)N1CCN(C(=O)c2oc3ccccc3c2CSC2CCCCC2)CC1. The van der Waals surface area contributed by atoms with Crippen LogP contribution in [0.25, 0.3) is 11.0 Å². The maximum absolute atomic E-state index is 13.4. The molecule has 2 aliphatic rings. The van der Waals surface area contributed by atoms with Crippen LogP contribution >= 0.6 is 11.8 Å². The zero-order valence-electron chi connectivity index (χ0n) is 18.1. The molecule has 1 aromatic heterocycles. The Kier molecular flexibility index (Phi) is 6.71. The molecule has 0 unspecified atom stereocenters. The zero-order valence-corrected chi connectivity index (χ0v) is 18.9. The molecule has 2 aromatic rings. The average Bonchev–Trinajstić information content (AvgIpc) is 3.16. The molecular formula is C24H32N2O3S. The van der Waals surface area contributed by atoms with Gasteiger partial charge in [0.15, 0.2) is 5.76 Å². The Labute approximate surface area is 183 Å². The van der Waals surface area contributed by atoms with E-state index in [2.05, 4.69) is 6.07 Å². The highest BCUT2D eigenvalue weighted by atomic mass is 32.2. The number of rotatable bonds is 5. The van der Waals surface area contributed by atoms with Gasteiger partial charge in [-0.25, -0.2) is 0 Å². The highest BCUT2D eigenvalue weighted by Crippen LogP contribution is 2.35. The Morgan fingerprint density at radius 3 is 2.40 bits per heavy atom. The minimum absolute atomic E-state index is 0.00830. The lowest BCUT2D eigenvalue weighted by molar-refractivity contribution is -0.135. The third-order valence-electron chi connectivity index (χ3n) is 6.28. The molecule has 0 bridgehead atoms. The summed E-state index contributed by atoms with van der Waals surface area (Å²) in [5.74, 6) is 1.42. The van der Waals surface area contributed by atoms with Crippen molar-refractivity contribution in [3.8, 4) is 0 Å². The second-order valence-corrected chi connectivity index (χ2v) is 10.0. The summed E-state index contributed by atoms with van der Waals surface area (Å²) >= 11 is 1.97. The topological polar surface area (TPSA) is 53.8 Å². The summed E-state index contributed by atoms with van der Waals surface area (Å²) in [6, 6.07) is 7.97. The first kappa shape index (κ1) is 21.3. The van der Waals surface area contributed by atoms with E-state index in [0.29, 0.717) is 37.2 Å². The summed E-state index contributed by atoms with van der Waals surface area (Å²) in [5, 5.41) is 1.73. The predicted molar refractivity (Wildman–Crippen MR) is 122 cm³/mol. The maximum Gasteiger partial charge on any atom is 0.290 e. The molecule has 162 valence electrons. The van der Waals surface area contributed by atoms with Crippen LogP contribution in [0.5, 0.6) is 0 Å². The zero-order chi connectivity index (χ0) is 21.1. The van der Waals surface area contributed by atoms with Gasteiger partial charge in [-0.3, -0.25) is 9.59 Å². The lowest BCUT2D eigenvalue weighted by Gasteiger charge is -2.35. The van der Waals surface area contributed by atoms with Crippen molar-refractivity contribution in [2.24, 2.45) is 5.92 Å². The van der Waals surface area contributed by atoms with Crippen molar-refractivity contribution in [1.29, 1.82) is 0 Å². The quantitative estimate of drug-likeness (QED) is 0.677. The molecule has 5 nitrogen and oxygen atoms in total. The van der Waals surface area contributed by atoms with E-state index in [1.54, 1.807) is 0 Å². The smallest absolute Gasteiger partial charge is 0.290 e. The van der Waals surface area contributed by atoms with Crippen molar-refractivity contribution in [2.45, 2.75) is 57.0 Å². The van der Waals surface area contributed by atoms with Crippen LogP contribution in [0.3, 0.4) is 0 Å². The van der Waals surface area contributed by atoms with Gasteiger partial charge in [0, 0.05) is 54.0 Å². The van der Waals surface area contributed by atoms with E-state index >= 15 is 0 Å². The number of piperazine rings is 1. The molecular weight excluding hydrogens is 396 g/mol. The number of thioether (sulfide) groups is 1.